The van der Waals surface area contributed by atoms with Crippen LogP contribution in [0.4, 0.5) is 0 Å². The Kier molecular flexibility index (Phi) is 4.17. The van der Waals surface area contributed by atoms with Crippen molar-refractivity contribution in [3.63, 3.8) is 0 Å². The minimum Gasteiger partial charge on any atom is -0.389 e. The highest BCUT2D eigenvalue weighted by molar-refractivity contribution is 4.98. The molecule has 0 radical (unpaired) electrons. The van der Waals surface area contributed by atoms with Crippen LogP contribution in [0.3, 0.4) is 0 Å². The van der Waals surface area contributed by atoms with E-state index in [1.54, 1.807) is 13.8 Å². The zero-order valence-electron chi connectivity index (χ0n) is 7.52. The number of rotatable bonds is 4. The summed E-state index contributed by atoms with van der Waals surface area (Å²) in [7, 11) is 0. The smallest absolute Gasteiger partial charge is 0.0716 e. The Bertz CT molecular complexity index is 141. The minimum atomic E-state index is -0.676. The normalized spacial score (nSPS) is 14.1. The van der Waals surface area contributed by atoms with Crippen LogP contribution in [-0.2, 0) is 0 Å². The van der Waals surface area contributed by atoms with E-state index in [-0.39, 0.29) is 6.04 Å². The van der Waals surface area contributed by atoms with Crippen molar-refractivity contribution in [2.24, 2.45) is 0 Å². The lowest BCUT2D eigenvalue weighted by Gasteiger charge is -2.20. The Morgan fingerprint density at radius 2 is 2.18 bits per heavy atom. The quantitative estimate of drug-likeness (QED) is 0.587. The molecule has 0 heterocycles. The number of hydrogen-bond donors (Lipinski definition) is 2. The molecule has 0 fully saturated rings. The number of terminal acetylenes is 1. The standard InChI is InChI=1S/C9H17NO/c1-5-8(6-2)10-7-9(3,4)11/h1,8,10-11H,6-7H2,2-4H3. The van der Waals surface area contributed by atoms with Gasteiger partial charge < -0.3 is 10.4 Å². The Balaban J connectivity index is 3.62. The number of hydrogen-bond acceptors (Lipinski definition) is 2. The van der Waals surface area contributed by atoms with Crippen LogP contribution >= 0.6 is 0 Å². The Morgan fingerprint density at radius 1 is 1.64 bits per heavy atom. The molecule has 0 aliphatic heterocycles. The molecule has 64 valence electrons. The van der Waals surface area contributed by atoms with Crippen molar-refractivity contribution in [3.05, 3.63) is 0 Å². The molecule has 0 amide bonds. The third-order valence-electron chi connectivity index (χ3n) is 1.39. The monoisotopic (exact) mass is 155 g/mol. The van der Waals surface area contributed by atoms with Crippen LogP contribution in [0.15, 0.2) is 0 Å². The lowest BCUT2D eigenvalue weighted by atomic mass is 10.1. The fraction of sp³-hybridized carbons (Fsp3) is 0.778. The summed E-state index contributed by atoms with van der Waals surface area (Å²) < 4.78 is 0. The molecular weight excluding hydrogens is 138 g/mol. The predicted octanol–water partition coefficient (Wildman–Crippen LogP) is 0.759. The van der Waals surface area contributed by atoms with Crippen LogP contribution in [-0.4, -0.2) is 23.3 Å². The third-order valence-corrected chi connectivity index (χ3v) is 1.39. The van der Waals surface area contributed by atoms with E-state index in [9.17, 15) is 5.11 Å². The molecule has 0 aromatic carbocycles. The number of nitrogens with one attached hydrogen (secondary N) is 1. The SMILES string of the molecule is C#CC(CC)NCC(C)(C)O. The Labute approximate surface area is 69.0 Å². The van der Waals surface area contributed by atoms with Crippen LogP contribution in [0.25, 0.3) is 0 Å². The van der Waals surface area contributed by atoms with Gasteiger partial charge in [0.1, 0.15) is 0 Å². The van der Waals surface area contributed by atoms with Crippen molar-refractivity contribution in [2.75, 3.05) is 6.54 Å². The van der Waals surface area contributed by atoms with Crippen molar-refractivity contribution in [2.45, 2.75) is 38.8 Å². The molecule has 2 nitrogen and oxygen atoms in total. The van der Waals surface area contributed by atoms with Gasteiger partial charge in [0.15, 0.2) is 0 Å². The van der Waals surface area contributed by atoms with Crippen molar-refractivity contribution >= 4 is 0 Å². The largest absolute Gasteiger partial charge is 0.389 e. The summed E-state index contributed by atoms with van der Waals surface area (Å²) in [6.45, 7) is 6.06. The van der Waals surface area contributed by atoms with Gasteiger partial charge in [-0.25, -0.2) is 0 Å². The maximum Gasteiger partial charge on any atom is 0.0716 e. The molecule has 0 spiro atoms. The Hall–Kier alpha value is -0.520. The molecular formula is C9H17NO. The van der Waals surface area contributed by atoms with Gasteiger partial charge in [-0.3, -0.25) is 0 Å². The van der Waals surface area contributed by atoms with Gasteiger partial charge in [-0.05, 0) is 20.3 Å². The summed E-state index contributed by atoms with van der Waals surface area (Å²) in [5, 5.41) is 12.4. The van der Waals surface area contributed by atoms with Crippen molar-refractivity contribution in [1.82, 2.24) is 5.32 Å². The van der Waals surface area contributed by atoms with Gasteiger partial charge in [0.05, 0.1) is 11.6 Å². The molecule has 2 N–H and O–H groups in total. The molecule has 11 heavy (non-hydrogen) atoms. The molecule has 0 aromatic heterocycles. The van der Waals surface area contributed by atoms with E-state index < -0.39 is 5.60 Å². The zero-order valence-corrected chi connectivity index (χ0v) is 7.52. The topological polar surface area (TPSA) is 32.3 Å². The Morgan fingerprint density at radius 3 is 2.45 bits per heavy atom. The first kappa shape index (κ1) is 10.5. The van der Waals surface area contributed by atoms with Crippen molar-refractivity contribution < 1.29 is 5.11 Å². The molecule has 0 aliphatic carbocycles. The number of aliphatic hydroxyl groups is 1. The van der Waals surface area contributed by atoms with E-state index in [0.717, 1.165) is 6.42 Å². The molecule has 0 saturated carbocycles. The van der Waals surface area contributed by atoms with Crippen LogP contribution in [0, 0.1) is 12.3 Å². The summed E-state index contributed by atoms with van der Waals surface area (Å²) in [6.07, 6.45) is 6.11. The van der Waals surface area contributed by atoms with E-state index in [0.29, 0.717) is 6.54 Å². The van der Waals surface area contributed by atoms with Crippen LogP contribution < -0.4 is 5.32 Å². The lowest BCUT2D eigenvalue weighted by molar-refractivity contribution is 0.0782. The molecule has 0 aliphatic rings. The van der Waals surface area contributed by atoms with Crippen LogP contribution in [0.2, 0.25) is 0 Å². The second kappa shape index (κ2) is 4.38. The van der Waals surface area contributed by atoms with Gasteiger partial charge in [-0.1, -0.05) is 12.8 Å². The summed E-state index contributed by atoms with van der Waals surface area (Å²) in [4.78, 5) is 0. The van der Waals surface area contributed by atoms with Gasteiger partial charge >= 0.3 is 0 Å². The summed E-state index contributed by atoms with van der Waals surface area (Å²) in [6, 6.07) is 0.0847. The fourth-order valence-electron chi connectivity index (χ4n) is 0.694. The second-order valence-electron chi connectivity index (χ2n) is 3.32. The van der Waals surface area contributed by atoms with E-state index in [1.807, 2.05) is 6.92 Å². The van der Waals surface area contributed by atoms with E-state index in [4.69, 9.17) is 6.42 Å². The molecule has 0 rings (SSSR count). The summed E-state index contributed by atoms with van der Waals surface area (Å²) in [5.41, 5.74) is -0.676. The van der Waals surface area contributed by atoms with Gasteiger partial charge in [0, 0.05) is 6.54 Å². The van der Waals surface area contributed by atoms with Gasteiger partial charge in [0.25, 0.3) is 0 Å². The summed E-state index contributed by atoms with van der Waals surface area (Å²) >= 11 is 0. The predicted molar refractivity (Wildman–Crippen MR) is 47.2 cm³/mol. The van der Waals surface area contributed by atoms with Gasteiger partial charge in [-0.15, -0.1) is 6.42 Å². The van der Waals surface area contributed by atoms with E-state index in [1.165, 1.54) is 0 Å². The van der Waals surface area contributed by atoms with Crippen molar-refractivity contribution in [1.29, 1.82) is 0 Å². The van der Waals surface area contributed by atoms with Crippen molar-refractivity contribution in [3.8, 4) is 12.3 Å². The van der Waals surface area contributed by atoms with E-state index in [2.05, 4.69) is 11.2 Å². The molecule has 0 saturated heterocycles. The molecule has 1 unspecified atom stereocenters. The maximum atomic E-state index is 9.33. The second-order valence-corrected chi connectivity index (χ2v) is 3.32. The minimum absolute atomic E-state index is 0.0847. The molecule has 0 aromatic rings. The average molecular weight is 155 g/mol. The first-order valence-corrected chi connectivity index (χ1v) is 3.91. The highest BCUT2D eigenvalue weighted by atomic mass is 16.3. The average Bonchev–Trinajstić information content (AvgIpc) is 1.88. The summed E-state index contributed by atoms with van der Waals surface area (Å²) in [5.74, 6) is 2.60. The third kappa shape index (κ3) is 5.90. The first-order chi connectivity index (χ1) is 4.99. The highest BCUT2D eigenvalue weighted by Crippen LogP contribution is 1.99. The van der Waals surface area contributed by atoms with E-state index >= 15 is 0 Å². The van der Waals surface area contributed by atoms with Gasteiger partial charge in [0.2, 0.25) is 0 Å². The fourth-order valence-corrected chi connectivity index (χ4v) is 0.694. The van der Waals surface area contributed by atoms with Gasteiger partial charge in [-0.2, -0.15) is 0 Å². The zero-order chi connectivity index (χ0) is 8.91. The van der Waals surface area contributed by atoms with Crippen LogP contribution in [0.1, 0.15) is 27.2 Å². The maximum absolute atomic E-state index is 9.33. The molecule has 2 heteroatoms. The lowest BCUT2D eigenvalue weighted by Crippen LogP contribution is -2.39. The van der Waals surface area contributed by atoms with Crippen LogP contribution in [0.5, 0.6) is 0 Å². The first-order valence-electron chi connectivity index (χ1n) is 3.91. The highest BCUT2D eigenvalue weighted by Gasteiger charge is 2.13. The molecule has 1 atom stereocenters. The molecule has 0 bridgehead atoms.